The first kappa shape index (κ1) is 10.8. The Morgan fingerprint density at radius 3 is 2.93 bits per heavy atom. The fourth-order valence-corrected chi connectivity index (χ4v) is 1.29. The molecule has 0 saturated carbocycles. The summed E-state index contributed by atoms with van der Waals surface area (Å²) in [6.07, 6.45) is 5.01. The van der Waals surface area contributed by atoms with Crippen molar-refractivity contribution in [1.82, 2.24) is 4.98 Å². The van der Waals surface area contributed by atoms with Crippen LogP contribution in [0.4, 0.5) is 0 Å². The van der Waals surface area contributed by atoms with Gasteiger partial charge < -0.3 is 9.72 Å². The monoisotopic (exact) mass is 195 g/mol. The molecule has 0 radical (unpaired) electrons. The van der Waals surface area contributed by atoms with Crippen molar-refractivity contribution >= 4 is 5.97 Å². The van der Waals surface area contributed by atoms with Gasteiger partial charge in [-0.2, -0.15) is 0 Å². The Labute approximate surface area is 84.5 Å². The number of rotatable bonds is 5. The van der Waals surface area contributed by atoms with Crippen LogP contribution in [0.2, 0.25) is 0 Å². The number of aryl methyl sites for hydroxylation is 1. The summed E-state index contributed by atoms with van der Waals surface area (Å²) < 4.78 is 4.89. The minimum atomic E-state index is -0.244. The molecule has 0 amide bonds. The molecule has 1 heterocycles. The number of aromatic nitrogens is 1. The van der Waals surface area contributed by atoms with Gasteiger partial charge in [-0.05, 0) is 25.8 Å². The number of unbranched alkanes of at least 4 members (excludes halogenated alkanes) is 1. The average molecular weight is 195 g/mol. The van der Waals surface area contributed by atoms with Crippen LogP contribution < -0.4 is 0 Å². The molecule has 3 nitrogen and oxygen atoms in total. The Bertz CT molecular complexity index is 291. The average Bonchev–Trinajstić information content (AvgIpc) is 2.63. The Kier molecular flexibility index (Phi) is 4.23. The van der Waals surface area contributed by atoms with Crippen LogP contribution in [-0.2, 0) is 11.2 Å². The molecule has 0 saturated heterocycles. The number of hydrogen-bond acceptors (Lipinski definition) is 2. The number of ether oxygens (including phenoxy) is 1. The molecule has 0 fully saturated rings. The van der Waals surface area contributed by atoms with Gasteiger partial charge in [0.1, 0.15) is 0 Å². The maximum atomic E-state index is 11.3. The van der Waals surface area contributed by atoms with E-state index in [0.717, 1.165) is 25.0 Å². The minimum Gasteiger partial charge on any atom is -0.462 e. The summed E-state index contributed by atoms with van der Waals surface area (Å²) in [5, 5.41) is 0. The number of carbonyl (C=O) groups is 1. The van der Waals surface area contributed by atoms with E-state index in [0.29, 0.717) is 12.2 Å². The Balaban J connectivity index is 2.54. The first-order valence-electron chi connectivity index (χ1n) is 5.12. The van der Waals surface area contributed by atoms with Gasteiger partial charge in [-0.15, -0.1) is 0 Å². The molecule has 0 aliphatic carbocycles. The molecule has 0 unspecified atom stereocenters. The Hall–Kier alpha value is -1.25. The summed E-state index contributed by atoms with van der Waals surface area (Å²) in [6.45, 7) is 4.38. The van der Waals surface area contributed by atoms with Gasteiger partial charge in [0, 0.05) is 11.9 Å². The quantitative estimate of drug-likeness (QED) is 0.733. The Morgan fingerprint density at radius 1 is 1.50 bits per heavy atom. The lowest BCUT2D eigenvalue weighted by molar-refractivity contribution is 0.0526. The van der Waals surface area contributed by atoms with Crippen molar-refractivity contribution in [2.75, 3.05) is 6.61 Å². The van der Waals surface area contributed by atoms with Crippen LogP contribution in [0.25, 0.3) is 0 Å². The van der Waals surface area contributed by atoms with Crippen molar-refractivity contribution in [3.05, 3.63) is 23.5 Å². The van der Waals surface area contributed by atoms with Gasteiger partial charge in [0.15, 0.2) is 0 Å². The third kappa shape index (κ3) is 2.91. The SMILES string of the molecule is CCCCc1cc(C(=O)OCC)c[nH]1. The number of aromatic amines is 1. The van der Waals surface area contributed by atoms with Gasteiger partial charge in [0.25, 0.3) is 0 Å². The van der Waals surface area contributed by atoms with E-state index in [-0.39, 0.29) is 5.97 Å². The largest absolute Gasteiger partial charge is 0.462 e. The van der Waals surface area contributed by atoms with E-state index in [9.17, 15) is 4.79 Å². The molecule has 3 heteroatoms. The maximum Gasteiger partial charge on any atom is 0.339 e. The van der Waals surface area contributed by atoms with Crippen LogP contribution in [0.1, 0.15) is 42.7 Å². The van der Waals surface area contributed by atoms with Crippen LogP contribution >= 0.6 is 0 Å². The highest BCUT2D eigenvalue weighted by Gasteiger charge is 2.08. The van der Waals surface area contributed by atoms with Crippen LogP contribution in [0.3, 0.4) is 0 Å². The number of hydrogen-bond donors (Lipinski definition) is 1. The third-order valence-corrected chi connectivity index (χ3v) is 2.05. The molecular weight excluding hydrogens is 178 g/mol. The number of carbonyl (C=O) groups excluding carboxylic acids is 1. The second-order valence-corrected chi connectivity index (χ2v) is 3.24. The predicted octanol–water partition coefficient (Wildman–Crippen LogP) is 2.53. The molecule has 0 bridgehead atoms. The molecule has 0 spiro atoms. The van der Waals surface area contributed by atoms with Crippen LogP contribution in [0.5, 0.6) is 0 Å². The van der Waals surface area contributed by atoms with Crippen LogP contribution in [0, 0.1) is 0 Å². The van der Waals surface area contributed by atoms with Gasteiger partial charge in [0.2, 0.25) is 0 Å². The van der Waals surface area contributed by atoms with Crippen molar-refractivity contribution < 1.29 is 9.53 Å². The molecule has 0 aromatic carbocycles. The van der Waals surface area contributed by atoms with Crippen molar-refractivity contribution in [3.63, 3.8) is 0 Å². The van der Waals surface area contributed by atoms with E-state index in [1.54, 1.807) is 6.20 Å². The second kappa shape index (κ2) is 5.47. The van der Waals surface area contributed by atoms with E-state index in [1.807, 2.05) is 13.0 Å². The summed E-state index contributed by atoms with van der Waals surface area (Å²) in [5.41, 5.74) is 1.73. The standard InChI is InChI=1S/C11H17NO2/c1-3-5-6-10-7-9(8-12-10)11(13)14-4-2/h7-8,12H,3-6H2,1-2H3. The molecule has 1 aromatic heterocycles. The summed E-state index contributed by atoms with van der Waals surface area (Å²) in [6, 6.07) is 1.87. The van der Waals surface area contributed by atoms with E-state index in [4.69, 9.17) is 4.74 Å². The Morgan fingerprint density at radius 2 is 2.29 bits per heavy atom. The fraction of sp³-hybridized carbons (Fsp3) is 0.545. The predicted molar refractivity (Wildman–Crippen MR) is 55.4 cm³/mol. The van der Waals surface area contributed by atoms with Crippen LogP contribution in [0.15, 0.2) is 12.3 Å². The summed E-state index contributed by atoms with van der Waals surface area (Å²) in [7, 11) is 0. The molecule has 1 N–H and O–H groups in total. The summed E-state index contributed by atoms with van der Waals surface area (Å²) >= 11 is 0. The first-order valence-corrected chi connectivity index (χ1v) is 5.12. The normalized spacial score (nSPS) is 10.1. The lowest BCUT2D eigenvalue weighted by Crippen LogP contribution is -2.02. The lowest BCUT2D eigenvalue weighted by Gasteiger charge is -1.96. The molecule has 1 rings (SSSR count). The van der Waals surface area contributed by atoms with Gasteiger partial charge >= 0.3 is 5.97 Å². The molecular formula is C11H17NO2. The van der Waals surface area contributed by atoms with Gasteiger partial charge in [0.05, 0.1) is 12.2 Å². The minimum absolute atomic E-state index is 0.244. The third-order valence-electron chi connectivity index (χ3n) is 2.05. The molecule has 14 heavy (non-hydrogen) atoms. The van der Waals surface area contributed by atoms with Gasteiger partial charge in [-0.1, -0.05) is 13.3 Å². The van der Waals surface area contributed by atoms with E-state index < -0.39 is 0 Å². The zero-order valence-electron chi connectivity index (χ0n) is 8.80. The smallest absolute Gasteiger partial charge is 0.339 e. The highest BCUT2D eigenvalue weighted by Crippen LogP contribution is 2.08. The summed E-state index contributed by atoms with van der Waals surface area (Å²) in [5.74, 6) is -0.244. The lowest BCUT2D eigenvalue weighted by atomic mass is 10.2. The fourth-order valence-electron chi connectivity index (χ4n) is 1.29. The van der Waals surface area contributed by atoms with E-state index in [1.165, 1.54) is 0 Å². The second-order valence-electron chi connectivity index (χ2n) is 3.24. The van der Waals surface area contributed by atoms with E-state index in [2.05, 4.69) is 11.9 Å². The first-order chi connectivity index (χ1) is 6.77. The van der Waals surface area contributed by atoms with Gasteiger partial charge in [-0.3, -0.25) is 0 Å². The van der Waals surface area contributed by atoms with Gasteiger partial charge in [-0.25, -0.2) is 4.79 Å². The zero-order valence-corrected chi connectivity index (χ0v) is 8.80. The molecule has 0 aliphatic rings. The summed E-state index contributed by atoms with van der Waals surface area (Å²) in [4.78, 5) is 14.4. The van der Waals surface area contributed by atoms with Crippen molar-refractivity contribution in [1.29, 1.82) is 0 Å². The zero-order chi connectivity index (χ0) is 10.4. The maximum absolute atomic E-state index is 11.3. The van der Waals surface area contributed by atoms with Crippen LogP contribution in [-0.4, -0.2) is 17.6 Å². The molecule has 0 atom stereocenters. The molecule has 1 aromatic rings. The number of esters is 1. The van der Waals surface area contributed by atoms with E-state index >= 15 is 0 Å². The number of H-pyrrole nitrogens is 1. The van der Waals surface area contributed by atoms with Crippen molar-refractivity contribution in [2.24, 2.45) is 0 Å². The van der Waals surface area contributed by atoms with Crippen molar-refractivity contribution in [2.45, 2.75) is 33.1 Å². The molecule has 78 valence electrons. The highest BCUT2D eigenvalue weighted by atomic mass is 16.5. The topological polar surface area (TPSA) is 42.1 Å². The highest BCUT2D eigenvalue weighted by molar-refractivity contribution is 5.89. The molecule has 0 aliphatic heterocycles. The van der Waals surface area contributed by atoms with Crippen molar-refractivity contribution in [3.8, 4) is 0 Å². The number of nitrogens with one attached hydrogen (secondary N) is 1.